The molecule has 5 fully saturated rings. The van der Waals surface area contributed by atoms with Crippen LogP contribution in [0.25, 0.3) is 0 Å². The molecule has 0 amide bonds. The minimum Gasteiger partial charge on any atom is -0.462 e. The van der Waals surface area contributed by atoms with E-state index in [0.717, 1.165) is 77.4 Å². The van der Waals surface area contributed by atoms with Gasteiger partial charge in [0.25, 0.3) is 0 Å². The van der Waals surface area contributed by atoms with Crippen molar-refractivity contribution in [3.63, 3.8) is 0 Å². The lowest BCUT2D eigenvalue weighted by Crippen LogP contribution is -2.66. The predicted octanol–water partition coefficient (Wildman–Crippen LogP) is 4.25. The standard InChI is InChI=1S/C31H50N2O6/c1-5-19(2)29(35)39-30(3)12-10-20(7-6-14-36-4)28(22-11-13-33-26(32)16-22)31(30)18-23-15-21-8-9-27(34)37-24(21)17-25(23)38-31/h5,20-26,28,33H,6-18,32H2,1-4H3/t20-,21?,22?,23?,24?,25?,26?,28-,30+,31+/m1/s1. The molecule has 0 radical (unpaired) electrons. The smallest absolute Gasteiger partial charge is 0.334 e. The summed E-state index contributed by atoms with van der Waals surface area (Å²) in [6.45, 7) is 7.48. The number of carbonyl (C=O) groups is 2. The molecule has 6 unspecified atom stereocenters. The molecule has 0 aromatic heterocycles. The molecule has 5 rings (SSSR count). The Hall–Kier alpha value is -1.48. The van der Waals surface area contributed by atoms with Gasteiger partial charge in [-0.25, -0.2) is 4.79 Å². The number of carbonyl (C=O) groups excluding carboxylic acids is 2. The van der Waals surface area contributed by atoms with E-state index in [2.05, 4.69) is 12.2 Å². The number of nitrogens with two attached hydrogens (primary N) is 1. The molecule has 220 valence electrons. The maximum atomic E-state index is 13.3. The van der Waals surface area contributed by atoms with Gasteiger partial charge in [-0.3, -0.25) is 4.79 Å². The average molecular weight is 547 g/mol. The predicted molar refractivity (Wildman–Crippen MR) is 148 cm³/mol. The number of nitrogens with one attached hydrogen (secondary N) is 1. The van der Waals surface area contributed by atoms with Crippen molar-refractivity contribution in [2.24, 2.45) is 35.3 Å². The van der Waals surface area contributed by atoms with Gasteiger partial charge in [0.1, 0.15) is 17.3 Å². The van der Waals surface area contributed by atoms with Crippen LogP contribution in [0.2, 0.25) is 0 Å². The van der Waals surface area contributed by atoms with Gasteiger partial charge in [0.2, 0.25) is 0 Å². The van der Waals surface area contributed by atoms with Crippen molar-refractivity contribution in [3.05, 3.63) is 11.6 Å². The van der Waals surface area contributed by atoms with Crippen molar-refractivity contribution in [3.8, 4) is 0 Å². The summed E-state index contributed by atoms with van der Waals surface area (Å²) in [6.07, 6.45) is 11.6. The zero-order valence-electron chi connectivity index (χ0n) is 24.4. The molecule has 3 heterocycles. The van der Waals surface area contributed by atoms with Crippen molar-refractivity contribution in [1.82, 2.24) is 5.32 Å². The first kappa shape index (κ1) is 29.0. The quantitative estimate of drug-likeness (QED) is 0.277. The van der Waals surface area contributed by atoms with E-state index in [1.54, 1.807) is 7.11 Å². The minimum absolute atomic E-state index is 0.00797. The van der Waals surface area contributed by atoms with Gasteiger partial charge in [-0.05, 0) is 115 Å². The highest BCUT2D eigenvalue weighted by molar-refractivity contribution is 5.88. The second kappa shape index (κ2) is 11.8. The molecule has 8 nitrogen and oxygen atoms in total. The lowest BCUT2D eigenvalue weighted by Gasteiger charge is -2.58. The number of allylic oxidation sites excluding steroid dienone is 1. The molecule has 3 saturated heterocycles. The Balaban J connectivity index is 1.53. The molecular formula is C31H50N2O6. The maximum Gasteiger partial charge on any atom is 0.334 e. The van der Waals surface area contributed by atoms with Crippen LogP contribution < -0.4 is 11.1 Å². The summed E-state index contributed by atoms with van der Waals surface area (Å²) in [6, 6.07) is 0. The molecule has 2 aliphatic carbocycles. The van der Waals surface area contributed by atoms with Gasteiger partial charge in [-0.1, -0.05) is 6.08 Å². The minimum atomic E-state index is -0.745. The fraction of sp³-hybridized carbons (Fsp3) is 0.871. The van der Waals surface area contributed by atoms with Gasteiger partial charge in [-0.15, -0.1) is 0 Å². The van der Waals surface area contributed by atoms with E-state index in [9.17, 15) is 9.59 Å². The summed E-state index contributed by atoms with van der Waals surface area (Å²) < 4.78 is 25.2. The molecule has 2 saturated carbocycles. The van der Waals surface area contributed by atoms with Crippen LogP contribution in [0.1, 0.15) is 91.4 Å². The Kier molecular flexibility index (Phi) is 8.77. The van der Waals surface area contributed by atoms with Crippen LogP contribution in [0.3, 0.4) is 0 Å². The summed E-state index contributed by atoms with van der Waals surface area (Å²) in [5, 5.41) is 3.44. The molecule has 8 heteroatoms. The van der Waals surface area contributed by atoms with Crippen LogP contribution in [-0.2, 0) is 28.5 Å². The normalized spacial score (nSPS) is 44.4. The zero-order chi connectivity index (χ0) is 27.8. The number of hydrogen-bond acceptors (Lipinski definition) is 8. The van der Waals surface area contributed by atoms with Gasteiger partial charge in [0.05, 0.1) is 12.3 Å². The van der Waals surface area contributed by atoms with E-state index < -0.39 is 11.2 Å². The number of hydrogen-bond donors (Lipinski definition) is 2. The highest BCUT2D eigenvalue weighted by atomic mass is 16.6. The number of fused-ring (bicyclic) bond motifs is 2. The van der Waals surface area contributed by atoms with Crippen molar-refractivity contribution in [2.75, 3.05) is 20.3 Å². The molecule has 0 bridgehead atoms. The summed E-state index contributed by atoms with van der Waals surface area (Å²) in [5.41, 5.74) is 5.77. The monoisotopic (exact) mass is 546 g/mol. The van der Waals surface area contributed by atoms with Crippen LogP contribution in [0.15, 0.2) is 11.6 Å². The second-order valence-corrected chi connectivity index (χ2v) is 13.2. The van der Waals surface area contributed by atoms with E-state index in [1.165, 1.54) is 0 Å². The van der Waals surface area contributed by atoms with E-state index in [4.69, 9.17) is 24.7 Å². The number of ether oxygens (including phenoxy) is 4. The molecule has 3 N–H and O–H groups in total. The molecule has 10 atom stereocenters. The Labute approximate surface area is 234 Å². The first-order valence-corrected chi connectivity index (χ1v) is 15.4. The van der Waals surface area contributed by atoms with Gasteiger partial charge < -0.3 is 30.0 Å². The molecule has 3 aliphatic heterocycles. The zero-order valence-corrected chi connectivity index (χ0v) is 24.4. The Morgan fingerprint density at radius 1 is 1.15 bits per heavy atom. The van der Waals surface area contributed by atoms with E-state index in [0.29, 0.717) is 35.7 Å². The molecule has 39 heavy (non-hydrogen) atoms. The average Bonchev–Trinajstić information content (AvgIpc) is 3.28. The van der Waals surface area contributed by atoms with Gasteiger partial charge in [0, 0.05) is 32.1 Å². The molecule has 1 spiro atoms. The first-order chi connectivity index (χ1) is 18.7. The highest BCUT2D eigenvalue weighted by Gasteiger charge is 2.68. The third-order valence-corrected chi connectivity index (χ3v) is 11.0. The fourth-order valence-electron chi connectivity index (χ4n) is 8.92. The third-order valence-electron chi connectivity index (χ3n) is 11.0. The largest absolute Gasteiger partial charge is 0.462 e. The van der Waals surface area contributed by atoms with Gasteiger partial charge in [0.15, 0.2) is 0 Å². The summed E-state index contributed by atoms with van der Waals surface area (Å²) in [5.74, 6) is 1.50. The third kappa shape index (κ3) is 5.55. The van der Waals surface area contributed by atoms with Crippen LogP contribution in [0.4, 0.5) is 0 Å². The van der Waals surface area contributed by atoms with Crippen LogP contribution in [0, 0.1) is 29.6 Å². The lowest BCUT2D eigenvalue weighted by molar-refractivity contribution is -0.254. The fourth-order valence-corrected chi connectivity index (χ4v) is 8.92. The van der Waals surface area contributed by atoms with E-state index in [-0.39, 0.29) is 36.2 Å². The molecular weight excluding hydrogens is 496 g/mol. The molecule has 0 aromatic rings. The lowest BCUT2D eigenvalue weighted by atomic mass is 9.53. The van der Waals surface area contributed by atoms with E-state index in [1.807, 2.05) is 19.9 Å². The van der Waals surface area contributed by atoms with Crippen molar-refractivity contribution in [1.29, 1.82) is 0 Å². The van der Waals surface area contributed by atoms with Crippen molar-refractivity contribution >= 4 is 11.9 Å². The maximum absolute atomic E-state index is 13.3. The summed E-state index contributed by atoms with van der Waals surface area (Å²) in [4.78, 5) is 25.4. The number of esters is 2. The van der Waals surface area contributed by atoms with Crippen LogP contribution in [-0.4, -0.2) is 61.8 Å². The summed E-state index contributed by atoms with van der Waals surface area (Å²) in [7, 11) is 1.77. The second-order valence-electron chi connectivity index (χ2n) is 13.2. The Bertz CT molecular complexity index is 940. The first-order valence-electron chi connectivity index (χ1n) is 15.4. The van der Waals surface area contributed by atoms with E-state index >= 15 is 0 Å². The number of piperidine rings is 1. The van der Waals surface area contributed by atoms with Gasteiger partial charge in [-0.2, -0.15) is 0 Å². The van der Waals surface area contributed by atoms with Crippen LogP contribution in [0.5, 0.6) is 0 Å². The van der Waals surface area contributed by atoms with Crippen molar-refractivity contribution < 1.29 is 28.5 Å². The number of methoxy groups -OCH3 is 1. The number of rotatable bonds is 7. The van der Waals surface area contributed by atoms with Crippen molar-refractivity contribution in [2.45, 2.75) is 121 Å². The van der Waals surface area contributed by atoms with Gasteiger partial charge >= 0.3 is 11.9 Å². The summed E-state index contributed by atoms with van der Waals surface area (Å²) >= 11 is 0. The molecule has 5 aliphatic rings. The SMILES string of the molecule is CC=C(C)C(=O)O[C@@]1(C)CC[C@@H](CCCOC)[C@H](C2CCNC(N)C2)[C@@]12CC1CC3CCC(=O)OC3CC1O2. The Morgan fingerprint density at radius 3 is 2.72 bits per heavy atom. The highest BCUT2D eigenvalue weighted by Crippen LogP contribution is 2.62. The van der Waals surface area contributed by atoms with Crippen LogP contribution >= 0.6 is 0 Å². The topological polar surface area (TPSA) is 109 Å². The molecule has 0 aromatic carbocycles. The Morgan fingerprint density at radius 2 is 1.97 bits per heavy atom.